The van der Waals surface area contributed by atoms with E-state index < -0.39 is 5.60 Å². The molecule has 0 radical (unpaired) electrons. The summed E-state index contributed by atoms with van der Waals surface area (Å²) in [4.78, 5) is 12.4. The van der Waals surface area contributed by atoms with Crippen molar-refractivity contribution in [3.8, 4) is 11.5 Å². The van der Waals surface area contributed by atoms with E-state index in [0.717, 1.165) is 12.0 Å². The zero-order chi connectivity index (χ0) is 15.8. The third-order valence-electron chi connectivity index (χ3n) is 4.76. The van der Waals surface area contributed by atoms with Crippen LogP contribution in [0.1, 0.15) is 45.6 Å². The molecule has 1 saturated heterocycles. The van der Waals surface area contributed by atoms with Crippen LogP contribution in [-0.4, -0.2) is 25.8 Å². The minimum Gasteiger partial charge on any atom is -0.497 e. The molecule has 1 atom stereocenters. The van der Waals surface area contributed by atoms with Gasteiger partial charge in [0.15, 0.2) is 0 Å². The molecular weight excluding hydrogens is 268 g/mol. The Morgan fingerprint density at radius 1 is 1.05 bits per heavy atom. The second kappa shape index (κ2) is 5.24. The van der Waals surface area contributed by atoms with Crippen LogP contribution in [-0.2, 0) is 9.53 Å². The van der Waals surface area contributed by atoms with Crippen LogP contribution in [0, 0.1) is 5.41 Å². The van der Waals surface area contributed by atoms with Gasteiger partial charge in [-0.3, -0.25) is 4.79 Å². The Balaban J connectivity index is 2.40. The normalized spacial score (nSPS) is 23.3. The average molecular weight is 292 g/mol. The second-order valence-corrected chi connectivity index (χ2v) is 6.72. The van der Waals surface area contributed by atoms with E-state index in [-0.39, 0.29) is 17.3 Å². The molecule has 116 valence electrons. The lowest BCUT2D eigenvalue weighted by Crippen LogP contribution is -2.50. The van der Waals surface area contributed by atoms with Crippen LogP contribution in [0.2, 0.25) is 0 Å². The van der Waals surface area contributed by atoms with Gasteiger partial charge < -0.3 is 14.2 Å². The van der Waals surface area contributed by atoms with Crippen LogP contribution in [0.5, 0.6) is 11.5 Å². The van der Waals surface area contributed by atoms with Crippen molar-refractivity contribution >= 4 is 5.97 Å². The van der Waals surface area contributed by atoms with Gasteiger partial charge in [0, 0.05) is 11.5 Å². The fraction of sp³-hybridized carbons (Fsp3) is 0.588. The zero-order valence-corrected chi connectivity index (χ0v) is 13.6. The van der Waals surface area contributed by atoms with Crippen LogP contribution in [0.4, 0.5) is 0 Å². The molecule has 0 bridgehead atoms. The molecule has 0 saturated carbocycles. The third-order valence-corrected chi connectivity index (χ3v) is 4.76. The number of methoxy groups -OCH3 is 2. The van der Waals surface area contributed by atoms with E-state index in [4.69, 9.17) is 14.2 Å². The van der Waals surface area contributed by atoms with E-state index in [1.165, 1.54) is 0 Å². The van der Waals surface area contributed by atoms with E-state index in [1.807, 2.05) is 26.0 Å². The van der Waals surface area contributed by atoms with Gasteiger partial charge in [-0.1, -0.05) is 13.8 Å². The molecule has 1 fully saturated rings. The maximum absolute atomic E-state index is 12.4. The third kappa shape index (κ3) is 2.85. The first kappa shape index (κ1) is 15.7. The van der Waals surface area contributed by atoms with Crippen LogP contribution < -0.4 is 9.47 Å². The second-order valence-electron chi connectivity index (χ2n) is 6.72. The molecule has 2 rings (SSSR count). The fourth-order valence-electron chi connectivity index (χ4n) is 2.58. The van der Waals surface area contributed by atoms with Crippen LogP contribution >= 0.6 is 0 Å². The Labute approximate surface area is 126 Å². The number of rotatable bonds is 3. The monoisotopic (exact) mass is 292 g/mol. The number of ether oxygens (including phenoxy) is 3. The molecule has 0 spiro atoms. The Bertz CT molecular complexity index is 523. The lowest BCUT2D eigenvalue weighted by molar-refractivity contribution is -0.184. The van der Waals surface area contributed by atoms with E-state index in [0.29, 0.717) is 11.5 Å². The first-order valence-corrected chi connectivity index (χ1v) is 7.16. The molecule has 1 unspecified atom stereocenters. The maximum atomic E-state index is 12.4. The number of hydrogen-bond acceptors (Lipinski definition) is 4. The predicted octanol–water partition coefficient (Wildman–Crippen LogP) is 3.54. The molecule has 1 aliphatic heterocycles. The number of benzene rings is 1. The van der Waals surface area contributed by atoms with E-state index in [2.05, 4.69) is 13.8 Å². The highest BCUT2D eigenvalue weighted by Gasteiger charge is 2.49. The van der Waals surface area contributed by atoms with Gasteiger partial charge in [0.05, 0.1) is 20.1 Å². The summed E-state index contributed by atoms with van der Waals surface area (Å²) < 4.78 is 16.3. The lowest BCUT2D eigenvalue weighted by Gasteiger charge is -2.47. The summed E-state index contributed by atoms with van der Waals surface area (Å²) in [5, 5.41) is 0. The van der Waals surface area contributed by atoms with E-state index in [1.54, 1.807) is 20.3 Å². The topological polar surface area (TPSA) is 44.8 Å². The SMILES string of the molecule is COc1cc(OC)cc(C2CC(C)(C)C(C)(C)OC2=O)c1. The van der Waals surface area contributed by atoms with Crippen LogP contribution in [0.3, 0.4) is 0 Å². The smallest absolute Gasteiger partial charge is 0.313 e. The number of hydrogen-bond donors (Lipinski definition) is 0. The summed E-state index contributed by atoms with van der Waals surface area (Å²) in [7, 11) is 3.20. The Kier molecular flexibility index (Phi) is 3.91. The van der Waals surface area contributed by atoms with Crippen LogP contribution in [0.25, 0.3) is 0 Å². The molecule has 0 aliphatic carbocycles. The van der Waals surface area contributed by atoms with Gasteiger partial charge in [0.1, 0.15) is 17.1 Å². The minimum absolute atomic E-state index is 0.109. The highest BCUT2D eigenvalue weighted by Crippen LogP contribution is 2.48. The van der Waals surface area contributed by atoms with Gasteiger partial charge in [-0.05, 0) is 38.0 Å². The molecule has 0 N–H and O–H groups in total. The molecule has 0 amide bonds. The highest BCUT2D eigenvalue weighted by molar-refractivity contribution is 5.80. The molecule has 21 heavy (non-hydrogen) atoms. The predicted molar refractivity (Wildman–Crippen MR) is 80.9 cm³/mol. The molecule has 0 aromatic heterocycles. The van der Waals surface area contributed by atoms with Gasteiger partial charge in [0.25, 0.3) is 0 Å². The fourth-order valence-corrected chi connectivity index (χ4v) is 2.58. The van der Waals surface area contributed by atoms with Gasteiger partial charge in [-0.25, -0.2) is 0 Å². The van der Waals surface area contributed by atoms with Crippen molar-refractivity contribution in [2.75, 3.05) is 14.2 Å². The summed E-state index contributed by atoms with van der Waals surface area (Å²) >= 11 is 0. The van der Waals surface area contributed by atoms with Gasteiger partial charge in [-0.2, -0.15) is 0 Å². The molecule has 4 heteroatoms. The van der Waals surface area contributed by atoms with Crippen LogP contribution in [0.15, 0.2) is 18.2 Å². The Morgan fingerprint density at radius 3 is 2.05 bits per heavy atom. The largest absolute Gasteiger partial charge is 0.497 e. The Hall–Kier alpha value is -1.71. The minimum atomic E-state index is -0.469. The average Bonchev–Trinajstić information content (AvgIpc) is 2.42. The first-order valence-electron chi connectivity index (χ1n) is 7.16. The molecule has 1 heterocycles. The van der Waals surface area contributed by atoms with Gasteiger partial charge in [-0.15, -0.1) is 0 Å². The van der Waals surface area contributed by atoms with Crippen molar-refractivity contribution < 1.29 is 19.0 Å². The molecular formula is C17H24O4. The number of esters is 1. The highest BCUT2D eigenvalue weighted by atomic mass is 16.6. The van der Waals surface area contributed by atoms with E-state index >= 15 is 0 Å². The molecule has 1 aromatic rings. The maximum Gasteiger partial charge on any atom is 0.313 e. The number of carbonyl (C=O) groups excluding carboxylic acids is 1. The summed E-state index contributed by atoms with van der Waals surface area (Å²) in [6.07, 6.45) is 0.731. The molecule has 1 aliphatic rings. The van der Waals surface area contributed by atoms with Crippen molar-refractivity contribution in [3.05, 3.63) is 23.8 Å². The van der Waals surface area contributed by atoms with Gasteiger partial charge in [0.2, 0.25) is 0 Å². The molecule has 1 aromatic carbocycles. The first-order chi connectivity index (χ1) is 9.70. The van der Waals surface area contributed by atoms with Crippen molar-refractivity contribution in [2.24, 2.45) is 5.41 Å². The Morgan fingerprint density at radius 2 is 1.57 bits per heavy atom. The van der Waals surface area contributed by atoms with Crippen molar-refractivity contribution in [1.29, 1.82) is 0 Å². The quantitative estimate of drug-likeness (QED) is 0.799. The number of carbonyl (C=O) groups is 1. The van der Waals surface area contributed by atoms with Crippen molar-refractivity contribution in [1.82, 2.24) is 0 Å². The number of cyclic esters (lactones) is 1. The van der Waals surface area contributed by atoms with Crippen molar-refractivity contribution in [2.45, 2.75) is 45.6 Å². The molecule has 4 nitrogen and oxygen atoms in total. The summed E-state index contributed by atoms with van der Waals surface area (Å²) in [6.45, 7) is 8.19. The summed E-state index contributed by atoms with van der Waals surface area (Å²) in [5.74, 6) is 0.881. The standard InChI is InChI=1S/C17H24O4/c1-16(2)10-14(15(18)21-17(16,3)4)11-7-12(19-5)9-13(8-11)20-6/h7-9,14H,10H2,1-6H3. The van der Waals surface area contributed by atoms with Gasteiger partial charge >= 0.3 is 5.97 Å². The van der Waals surface area contributed by atoms with E-state index in [9.17, 15) is 4.79 Å². The van der Waals surface area contributed by atoms with Crippen molar-refractivity contribution in [3.63, 3.8) is 0 Å². The zero-order valence-electron chi connectivity index (χ0n) is 13.6. The summed E-state index contributed by atoms with van der Waals surface area (Å²) in [6, 6.07) is 5.55. The summed E-state index contributed by atoms with van der Waals surface area (Å²) in [5.41, 5.74) is 0.297. The lowest BCUT2D eigenvalue weighted by atomic mass is 9.68.